The van der Waals surface area contributed by atoms with Crippen molar-refractivity contribution < 1.29 is 13.2 Å². The van der Waals surface area contributed by atoms with Crippen molar-refractivity contribution in [1.29, 1.82) is 0 Å². The number of hydrogen-bond acceptors (Lipinski definition) is 3. The normalized spacial score (nSPS) is 11.0. The van der Waals surface area contributed by atoms with Crippen LogP contribution < -0.4 is 10.0 Å². The van der Waals surface area contributed by atoms with Crippen molar-refractivity contribution in [2.75, 3.05) is 10.0 Å². The molecule has 0 aliphatic rings. The first-order chi connectivity index (χ1) is 12.4. The molecule has 0 atom stereocenters. The van der Waals surface area contributed by atoms with E-state index in [1.165, 1.54) is 18.2 Å². The summed E-state index contributed by atoms with van der Waals surface area (Å²) in [4.78, 5) is 12.5. The van der Waals surface area contributed by atoms with Gasteiger partial charge in [-0.3, -0.25) is 9.52 Å². The van der Waals surface area contributed by atoms with Crippen molar-refractivity contribution in [3.05, 3.63) is 88.9 Å². The highest BCUT2D eigenvalue weighted by molar-refractivity contribution is 9.10. The maximum atomic E-state index is 12.5. The Hall–Kier alpha value is -2.64. The monoisotopic (exact) mass is 430 g/mol. The van der Waals surface area contributed by atoms with Crippen LogP contribution in [-0.2, 0) is 10.0 Å². The Morgan fingerprint density at radius 1 is 0.808 bits per heavy atom. The largest absolute Gasteiger partial charge is 0.322 e. The SMILES string of the molecule is O=C(Nc1ccccc1)c1cccc(NS(=O)(=O)c2ccc(Br)cc2)c1. The Morgan fingerprint density at radius 3 is 2.15 bits per heavy atom. The average Bonchev–Trinajstić information content (AvgIpc) is 2.63. The second kappa shape index (κ2) is 7.72. The quantitative estimate of drug-likeness (QED) is 0.625. The van der Waals surface area contributed by atoms with Gasteiger partial charge in [-0.05, 0) is 54.6 Å². The predicted octanol–water partition coefficient (Wildman–Crippen LogP) is 4.50. The molecule has 3 rings (SSSR count). The Labute approximate surface area is 160 Å². The molecular formula is C19H15BrN2O3S. The average molecular weight is 431 g/mol. The van der Waals surface area contributed by atoms with Gasteiger partial charge < -0.3 is 5.32 Å². The molecule has 26 heavy (non-hydrogen) atoms. The molecule has 1 amide bonds. The summed E-state index contributed by atoms with van der Waals surface area (Å²) in [6.07, 6.45) is 0. The number of anilines is 2. The molecule has 0 heterocycles. The van der Waals surface area contributed by atoms with Crippen molar-refractivity contribution in [3.8, 4) is 0 Å². The minimum absolute atomic E-state index is 0.139. The summed E-state index contributed by atoms with van der Waals surface area (Å²) in [5, 5.41) is 2.76. The minimum Gasteiger partial charge on any atom is -0.322 e. The summed E-state index contributed by atoms with van der Waals surface area (Å²) in [5.74, 6) is -0.319. The summed E-state index contributed by atoms with van der Waals surface area (Å²) in [7, 11) is -3.73. The van der Waals surface area contributed by atoms with E-state index in [1.807, 2.05) is 18.2 Å². The molecule has 2 N–H and O–H groups in total. The van der Waals surface area contributed by atoms with E-state index >= 15 is 0 Å². The predicted molar refractivity (Wildman–Crippen MR) is 106 cm³/mol. The van der Waals surface area contributed by atoms with Gasteiger partial charge in [0.25, 0.3) is 15.9 Å². The summed E-state index contributed by atoms with van der Waals surface area (Å²) >= 11 is 3.27. The zero-order valence-electron chi connectivity index (χ0n) is 13.5. The van der Waals surface area contributed by atoms with E-state index in [4.69, 9.17) is 0 Å². The molecule has 3 aromatic rings. The van der Waals surface area contributed by atoms with E-state index in [0.29, 0.717) is 16.9 Å². The van der Waals surface area contributed by atoms with Gasteiger partial charge in [-0.15, -0.1) is 0 Å². The topological polar surface area (TPSA) is 75.3 Å². The number of carbonyl (C=O) groups excluding carboxylic acids is 1. The molecule has 0 spiro atoms. The van der Waals surface area contributed by atoms with Crippen molar-refractivity contribution in [1.82, 2.24) is 0 Å². The zero-order valence-corrected chi connectivity index (χ0v) is 15.9. The first-order valence-electron chi connectivity index (χ1n) is 7.69. The number of halogens is 1. The maximum Gasteiger partial charge on any atom is 0.261 e. The van der Waals surface area contributed by atoms with Gasteiger partial charge in [-0.2, -0.15) is 0 Å². The molecule has 0 aromatic heterocycles. The molecule has 3 aromatic carbocycles. The van der Waals surface area contributed by atoms with E-state index in [9.17, 15) is 13.2 Å². The fourth-order valence-corrected chi connectivity index (χ4v) is 3.59. The molecule has 0 bridgehead atoms. The van der Waals surface area contributed by atoms with Crippen LogP contribution in [0.3, 0.4) is 0 Å². The minimum atomic E-state index is -3.73. The van der Waals surface area contributed by atoms with Gasteiger partial charge in [-0.25, -0.2) is 8.42 Å². The number of hydrogen-bond donors (Lipinski definition) is 2. The van der Waals surface area contributed by atoms with E-state index in [-0.39, 0.29) is 10.8 Å². The standard InChI is InChI=1S/C19H15BrN2O3S/c20-15-9-11-18(12-10-15)26(24,25)22-17-8-4-5-14(13-17)19(23)21-16-6-2-1-3-7-16/h1-13,22H,(H,21,23). The molecule has 0 aliphatic carbocycles. The lowest BCUT2D eigenvalue weighted by Crippen LogP contribution is -2.15. The van der Waals surface area contributed by atoms with Gasteiger partial charge in [-0.1, -0.05) is 40.2 Å². The van der Waals surface area contributed by atoms with Crippen molar-refractivity contribution in [2.24, 2.45) is 0 Å². The Bertz CT molecular complexity index is 1020. The molecule has 0 aliphatic heterocycles. The zero-order chi connectivity index (χ0) is 18.6. The van der Waals surface area contributed by atoms with Gasteiger partial charge >= 0.3 is 0 Å². The van der Waals surface area contributed by atoms with Gasteiger partial charge in [0.05, 0.1) is 4.90 Å². The summed E-state index contributed by atoms with van der Waals surface area (Å²) in [6.45, 7) is 0. The maximum absolute atomic E-state index is 12.5. The van der Waals surface area contributed by atoms with Gasteiger partial charge in [0, 0.05) is 21.4 Å². The Balaban J connectivity index is 1.78. The lowest BCUT2D eigenvalue weighted by atomic mass is 10.2. The molecule has 0 radical (unpaired) electrons. The third-order valence-electron chi connectivity index (χ3n) is 3.53. The molecular weight excluding hydrogens is 416 g/mol. The van der Waals surface area contributed by atoms with Crippen LogP contribution in [0.4, 0.5) is 11.4 Å². The lowest BCUT2D eigenvalue weighted by molar-refractivity contribution is 0.102. The van der Waals surface area contributed by atoms with Gasteiger partial charge in [0.15, 0.2) is 0 Å². The van der Waals surface area contributed by atoms with Crippen molar-refractivity contribution in [3.63, 3.8) is 0 Å². The first-order valence-corrected chi connectivity index (χ1v) is 9.96. The summed E-state index contributed by atoms with van der Waals surface area (Å²) in [6, 6.07) is 21.7. The number of benzene rings is 3. The molecule has 5 nitrogen and oxygen atoms in total. The number of sulfonamides is 1. The molecule has 132 valence electrons. The molecule has 0 unspecified atom stereocenters. The first kappa shape index (κ1) is 18.2. The van der Waals surface area contributed by atoms with E-state index in [1.54, 1.807) is 42.5 Å². The highest BCUT2D eigenvalue weighted by Gasteiger charge is 2.15. The molecule has 0 fully saturated rings. The fourth-order valence-electron chi connectivity index (χ4n) is 2.28. The van der Waals surface area contributed by atoms with Gasteiger partial charge in [0.1, 0.15) is 0 Å². The van der Waals surface area contributed by atoms with Crippen LogP contribution in [0.1, 0.15) is 10.4 Å². The summed E-state index contributed by atoms with van der Waals surface area (Å²) < 4.78 is 28.2. The number of nitrogens with one attached hydrogen (secondary N) is 2. The second-order valence-electron chi connectivity index (χ2n) is 5.46. The van der Waals surface area contributed by atoms with Crippen LogP contribution >= 0.6 is 15.9 Å². The number of rotatable bonds is 5. The molecule has 0 saturated heterocycles. The van der Waals surface area contributed by atoms with Crippen molar-refractivity contribution in [2.45, 2.75) is 4.90 Å². The highest BCUT2D eigenvalue weighted by atomic mass is 79.9. The fraction of sp³-hybridized carbons (Fsp3) is 0. The molecule has 0 saturated carbocycles. The number of carbonyl (C=O) groups is 1. The van der Waals surface area contributed by atoms with Crippen LogP contribution in [0.2, 0.25) is 0 Å². The van der Waals surface area contributed by atoms with Crippen LogP contribution in [0, 0.1) is 0 Å². The Morgan fingerprint density at radius 2 is 1.46 bits per heavy atom. The van der Waals surface area contributed by atoms with Gasteiger partial charge in [0.2, 0.25) is 0 Å². The third kappa shape index (κ3) is 4.50. The lowest BCUT2D eigenvalue weighted by Gasteiger charge is -2.10. The molecule has 7 heteroatoms. The van der Waals surface area contributed by atoms with Crippen LogP contribution in [0.15, 0.2) is 88.2 Å². The Kier molecular flexibility index (Phi) is 5.39. The van der Waals surface area contributed by atoms with E-state index in [0.717, 1.165) is 4.47 Å². The van der Waals surface area contributed by atoms with Crippen molar-refractivity contribution >= 4 is 43.2 Å². The van der Waals surface area contributed by atoms with E-state index in [2.05, 4.69) is 26.0 Å². The van der Waals surface area contributed by atoms with Crippen LogP contribution in [0.5, 0.6) is 0 Å². The third-order valence-corrected chi connectivity index (χ3v) is 5.46. The number of amides is 1. The smallest absolute Gasteiger partial charge is 0.261 e. The highest BCUT2D eigenvalue weighted by Crippen LogP contribution is 2.20. The van der Waals surface area contributed by atoms with Crippen LogP contribution in [0.25, 0.3) is 0 Å². The van der Waals surface area contributed by atoms with Crippen LogP contribution in [-0.4, -0.2) is 14.3 Å². The summed E-state index contributed by atoms with van der Waals surface area (Å²) in [5.41, 5.74) is 1.33. The van der Waals surface area contributed by atoms with E-state index < -0.39 is 10.0 Å². The number of para-hydroxylation sites is 1. The second-order valence-corrected chi connectivity index (χ2v) is 8.06.